The highest BCUT2D eigenvalue weighted by Crippen LogP contribution is 2.33. The number of halogens is 3. The molecule has 1 aromatic rings. The van der Waals surface area contributed by atoms with Crippen LogP contribution in [0.3, 0.4) is 0 Å². The quantitative estimate of drug-likeness (QED) is 0.907. The van der Waals surface area contributed by atoms with Gasteiger partial charge in [0.1, 0.15) is 6.04 Å². The van der Waals surface area contributed by atoms with Gasteiger partial charge in [-0.3, -0.25) is 5.32 Å². The third-order valence-electron chi connectivity index (χ3n) is 3.41. The van der Waals surface area contributed by atoms with E-state index in [0.29, 0.717) is 6.61 Å². The summed E-state index contributed by atoms with van der Waals surface area (Å²) in [5, 5.41) is 2.67. The summed E-state index contributed by atoms with van der Waals surface area (Å²) in [6.07, 6.45) is -2.71. The average Bonchev–Trinajstić information content (AvgIpc) is 2.89. The van der Waals surface area contributed by atoms with Crippen molar-refractivity contribution in [2.75, 3.05) is 6.61 Å². The number of alkyl halides is 3. The van der Waals surface area contributed by atoms with Crippen LogP contribution in [0.1, 0.15) is 31.4 Å². The van der Waals surface area contributed by atoms with Crippen LogP contribution in [-0.4, -0.2) is 24.9 Å². The molecule has 19 heavy (non-hydrogen) atoms. The molecule has 1 saturated heterocycles. The number of hydrogen-bond donors (Lipinski definition) is 1. The molecule has 2 rings (SSSR count). The van der Waals surface area contributed by atoms with E-state index in [2.05, 4.69) is 5.32 Å². The van der Waals surface area contributed by atoms with Crippen LogP contribution < -0.4 is 5.32 Å². The minimum Gasteiger partial charge on any atom is -0.377 e. The highest BCUT2D eigenvalue weighted by atomic mass is 19.4. The summed E-state index contributed by atoms with van der Waals surface area (Å²) in [5.41, 5.74) is 0.236. The fourth-order valence-electron chi connectivity index (χ4n) is 2.39. The topological polar surface area (TPSA) is 21.3 Å². The van der Waals surface area contributed by atoms with Crippen LogP contribution in [0, 0.1) is 0 Å². The molecule has 1 aliphatic heterocycles. The van der Waals surface area contributed by atoms with Crippen LogP contribution >= 0.6 is 0 Å². The molecule has 1 fully saturated rings. The van der Waals surface area contributed by atoms with E-state index < -0.39 is 12.2 Å². The minimum atomic E-state index is -4.31. The lowest BCUT2D eigenvalue weighted by atomic mass is 10.0. The van der Waals surface area contributed by atoms with Crippen molar-refractivity contribution in [2.45, 2.75) is 44.1 Å². The summed E-state index contributed by atoms with van der Waals surface area (Å²) in [5.74, 6) is 0. The Kier molecular flexibility index (Phi) is 4.47. The Morgan fingerprint density at radius 2 is 1.95 bits per heavy atom. The molecule has 0 aromatic heterocycles. The van der Waals surface area contributed by atoms with Crippen LogP contribution in [0.15, 0.2) is 30.3 Å². The van der Waals surface area contributed by atoms with Gasteiger partial charge in [-0.1, -0.05) is 30.3 Å². The van der Waals surface area contributed by atoms with E-state index in [1.807, 2.05) is 0 Å². The van der Waals surface area contributed by atoms with Gasteiger partial charge in [0.25, 0.3) is 0 Å². The van der Waals surface area contributed by atoms with Crippen molar-refractivity contribution in [3.8, 4) is 0 Å². The highest BCUT2D eigenvalue weighted by molar-refractivity contribution is 5.20. The smallest absolute Gasteiger partial charge is 0.377 e. The summed E-state index contributed by atoms with van der Waals surface area (Å²) in [6.45, 7) is 2.39. The molecule has 5 heteroatoms. The second-order valence-electron chi connectivity index (χ2n) is 4.89. The number of rotatable bonds is 4. The lowest BCUT2D eigenvalue weighted by Gasteiger charge is -2.28. The normalized spacial score (nSPS) is 23.3. The van der Waals surface area contributed by atoms with Gasteiger partial charge < -0.3 is 4.74 Å². The van der Waals surface area contributed by atoms with Crippen molar-refractivity contribution in [3.63, 3.8) is 0 Å². The van der Waals surface area contributed by atoms with E-state index in [0.717, 1.165) is 12.8 Å². The van der Waals surface area contributed by atoms with E-state index in [-0.39, 0.29) is 17.7 Å². The third kappa shape index (κ3) is 3.70. The summed E-state index contributed by atoms with van der Waals surface area (Å²) in [4.78, 5) is 0. The standard InChI is InChI=1S/C14H18F3NO/c1-10(12-8-5-9-19-12)18-13(14(15,16)17)11-6-3-2-4-7-11/h2-4,6-7,10,12-13,18H,5,8-9H2,1H3. The molecule has 1 aliphatic rings. The molecular formula is C14H18F3NO. The van der Waals surface area contributed by atoms with E-state index in [1.165, 1.54) is 12.1 Å². The van der Waals surface area contributed by atoms with Gasteiger partial charge in [0.15, 0.2) is 0 Å². The van der Waals surface area contributed by atoms with Crippen molar-refractivity contribution in [1.29, 1.82) is 0 Å². The van der Waals surface area contributed by atoms with Crippen LogP contribution in [0.4, 0.5) is 13.2 Å². The number of nitrogens with one attached hydrogen (secondary N) is 1. The number of benzene rings is 1. The molecular weight excluding hydrogens is 255 g/mol. The molecule has 0 radical (unpaired) electrons. The first kappa shape index (κ1) is 14.3. The first-order chi connectivity index (χ1) is 8.98. The van der Waals surface area contributed by atoms with Crippen molar-refractivity contribution in [3.05, 3.63) is 35.9 Å². The van der Waals surface area contributed by atoms with Crippen LogP contribution in [0.5, 0.6) is 0 Å². The Bertz CT molecular complexity index is 387. The lowest BCUT2D eigenvalue weighted by Crippen LogP contribution is -2.44. The van der Waals surface area contributed by atoms with Crippen LogP contribution in [-0.2, 0) is 4.74 Å². The molecule has 1 N–H and O–H groups in total. The molecule has 1 aromatic carbocycles. The first-order valence-electron chi connectivity index (χ1n) is 6.48. The summed E-state index contributed by atoms with van der Waals surface area (Å²) in [7, 11) is 0. The maximum Gasteiger partial charge on any atom is 0.407 e. The molecule has 0 saturated carbocycles. The molecule has 3 atom stereocenters. The van der Waals surface area contributed by atoms with Gasteiger partial charge in [0, 0.05) is 12.6 Å². The summed E-state index contributed by atoms with van der Waals surface area (Å²) >= 11 is 0. The maximum absolute atomic E-state index is 13.1. The minimum absolute atomic E-state index is 0.131. The number of ether oxygens (including phenoxy) is 1. The van der Waals surface area contributed by atoms with Crippen LogP contribution in [0.25, 0.3) is 0 Å². The van der Waals surface area contributed by atoms with E-state index in [1.54, 1.807) is 25.1 Å². The van der Waals surface area contributed by atoms with Crippen molar-refractivity contribution >= 4 is 0 Å². The molecule has 0 spiro atoms. The fourth-order valence-corrected chi connectivity index (χ4v) is 2.39. The molecule has 1 heterocycles. The molecule has 106 valence electrons. The average molecular weight is 273 g/mol. The Morgan fingerprint density at radius 1 is 1.26 bits per heavy atom. The zero-order valence-electron chi connectivity index (χ0n) is 10.8. The van der Waals surface area contributed by atoms with E-state index >= 15 is 0 Å². The summed E-state index contributed by atoms with van der Waals surface area (Å²) in [6, 6.07) is 5.96. The van der Waals surface area contributed by atoms with Crippen molar-refractivity contribution in [1.82, 2.24) is 5.32 Å². The van der Waals surface area contributed by atoms with Gasteiger partial charge in [-0.25, -0.2) is 0 Å². The predicted molar refractivity (Wildman–Crippen MR) is 66.8 cm³/mol. The Morgan fingerprint density at radius 3 is 2.47 bits per heavy atom. The van der Waals surface area contributed by atoms with Crippen molar-refractivity contribution < 1.29 is 17.9 Å². The van der Waals surface area contributed by atoms with E-state index in [4.69, 9.17) is 4.74 Å². The Hall–Kier alpha value is -1.07. The van der Waals surface area contributed by atoms with Crippen molar-refractivity contribution in [2.24, 2.45) is 0 Å². The fraction of sp³-hybridized carbons (Fsp3) is 0.571. The zero-order chi connectivity index (χ0) is 13.9. The first-order valence-corrected chi connectivity index (χ1v) is 6.48. The Balaban J connectivity index is 2.10. The highest BCUT2D eigenvalue weighted by Gasteiger charge is 2.42. The van der Waals surface area contributed by atoms with Gasteiger partial charge in [0.2, 0.25) is 0 Å². The predicted octanol–water partition coefficient (Wildman–Crippen LogP) is 3.45. The van der Waals surface area contributed by atoms with Gasteiger partial charge in [-0.05, 0) is 25.3 Å². The molecule has 2 nitrogen and oxygen atoms in total. The van der Waals surface area contributed by atoms with Gasteiger partial charge in [-0.15, -0.1) is 0 Å². The monoisotopic (exact) mass is 273 g/mol. The van der Waals surface area contributed by atoms with Gasteiger partial charge in [0.05, 0.1) is 6.10 Å². The number of hydrogen-bond acceptors (Lipinski definition) is 2. The maximum atomic E-state index is 13.1. The lowest BCUT2D eigenvalue weighted by molar-refractivity contribution is -0.161. The second-order valence-corrected chi connectivity index (χ2v) is 4.89. The molecule has 0 aliphatic carbocycles. The SMILES string of the molecule is CC(NC(c1ccccc1)C(F)(F)F)C1CCCO1. The third-order valence-corrected chi connectivity index (χ3v) is 3.41. The van der Waals surface area contributed by atoms with Gasteiger partial charge >= 0.3 is 6.18 Å². The van der Waals surface area contributed by atoms with Gasteiger partial charge in [-0.2, -0.15) is 13.2 Å². The molecule has 3 unspecified atom stereocenters. The zero-order valence-corrected chi connectivity index (χ0v) is 10.8. The molecule has 0 amide bonds. The summed E-state index contributed by atoms with van der Waals surface area (Å²) < 4.78 is 44.9. The van der Waals surface area contributed by atoms with Crippen LogP contribution in [0.2, 0.25) is 0 Å². The largest absolute Gasteiger partial charge is 0.407 e. The van der Waals surface area contributed by atoms with E-state index in [9.17, 15) is 13.2 Å². The Labute approximate surface area is 111 Å². The second kappa shape index (κ2) is 5.92. The molecule has 0 bridgehead atoms.